The summed E-state index contributed by atoms with van der Waals surface area (Å²) in [6.45, 7) is 0. The zero-order valence-corrected chi connectivity index (χ0v) is 10.5. The van der Waals surface area contributed by atoms with Crippen LogP contribution in [0.15, 0.2) is 0 Å². The van der Waals surface area contributed by atoms with E-state index >= 15 is 0 Å². The topological polar surface area (TPSA) is 34.1 Å². The molecule has 1 rings (SSSR count). The molecule has 2 nitrogen and oxygen atoms in total. The van der Waals surface area contributed by atoms with E-state index in [4.69, 9.17) is 0 Å². The molecular formula is C9H17BrO2S. The van der Waals surface area contributed by atoms with Gasteiger partial charge in [0.1, 0.15) is 9.84 Å². The van der Waals surface area contributed by atoms with Gasteiger partial charge in [0, 0.05) is 11.6 Å². The van der Waals surface area contributed by atoms with Crippen molar-refractivity contribution in [3.8, 4) is 0 Å². The van der Waals surface area contributed by atoms with E-state index < -0.39 is 9.84 Å². The first-order chi connectivity index (χ1) is 5.97. The summed E-state index contributed by atoms with van der Waals surface area (Å²) < 4.78 is 22.1. The van der Waals surface area contributed by atoms with Crippen LogP contribution in [0.1, 0.15) is 32.1 Å². The van der Waals surface area contributed by atoms with Gasteiger partial charge in [0.15, 0.2) is 0 Å². The van der Waals surface area contributed by atoms with E-state index in [1.54, 1.807) is 0 Å². The molecule has 0 spiro atoms. The molecule has 0 atom stereocenters. The SMILES string of the molecule is CS(=O)(=O)CCC1(CBr)CCCC1. The summed E-state index contributed by atoms with van der Waals surface area (Å²) in [5, 5.41) is 0.954. The first-order valence-corrected chi connectivity index (χ1v) is 7.89. The maximum Gasteiger partial charge on any atom is 0.147 e. The molecule has 0 heterocycles. The Bertz CT molecular complexity index is 253. The zero-order valence-electron chi connectivity index (χ0n) is 8.05. The maximum atomic E-state index is 11.0. The largest absolute Gasteiger partial charge is 0.229 e. The van der Waals surface area contributed by atoms with Crippen molar-refractivity contribution in [1.29, 1.82) is 0 Å². The smallest absolute Gasteiger partial charge is 0.147 e. The summed E-state index contributed by atoms with van der Waals surface area (Å²) in [6, 6.07) is 0. The van der Waals surface area contributed by atoms with E-state index in [0.29, 0.717) is 5.75 Å². The lowest BCUT2D eigenvalue weighted by molar-refractivity contribution is 0.336. The van der Waals surface area contributed by atoms with Crippen LogP contribution in [0.4, 0.5) is 0 Å². The van der Waals surface area contributed by atoms with Crippen molar-refractivity contribution in [2.75, 3.05) is 17.3 Å². The van der Waals surface area contributed by atoms with Gasteiger partial charge in [-0.05, 0) is 24.7 Å². The van der Waals surface area contributed by atoms with Gasteiger partial charge in [0.05, 0.1) is 5.75 Å². The highest BCUT2D eigenvalue weighted by Crippen LogP contribution is 2.42. The van der Waals surface area contributed by atoms with E-state index in [1.807, 2.05) is 0 Å². The molecule has 0 amide bonds. The second kappa shape index (κ2) is 4.30. The number of halogens is 1. The Morgan fingerprint density at radius 3 is 2.23 bits per heavy atom. The molecule has 0 radical (unpaired) electrons. The Balaban J connectivity index is 2.50. The predicted octanol–water partition coefficient (Wildman–Crippen LogP) is 2.38. The summed E-state index contributed by atoms with van der Waals surface area (Å²) in [7, 11) is -2.78. The lowest BCUT2D eigenvalue weighted by Crippen LogP contribution is -2.22. The molecule has 1 aliphatic carbocycles. The molecule has 1 saturated carbocycles. The van der Waals surface area contributed by atoms with Gasteiger partial charge in [-0.3, -0.25) is 0 Å². The molecular weight excluding hydrogens is 252 g/mol. The molecule has 0 N–H and O–H groups in total. The molecule has 78 valence electrons. The molecule has 0 aromatic carbocycles. The fourth-order valence-corrected chi connectivity index (χ4v) is 3.62. The highest BCUT2D eigenvalue weighted by atomic mass is 79.9. The van der Waals surface area contributed by atoms with Gasteiger partial charge in [-0.1, -0.05) is 28.8 Å². The number of hydrogen-bond acceptors (Lipinski definition) is 2. The molecule has 0 aromatic rings. The minimum atomic E-state index is -2.78. The van der Waals surface area contributed by atoms with Crippen LogP contribution in [0.25, 0.3) is 0 Å². The third-order valence-corrected chi connectivity index (χ3v) is 5.09. The number of sulfone groups is 1. The summed E-state index contributed by atoms with van der Waals surface area (Å²) in [5.74, 6) is 0.346. The third-order valence-electron chi connectivity index (χ3n) is 2.95. The van der Waals surface area contributed by atoms with Crippen LogP contribution in [-0.4, -0.2) is 25.8 Å². The zero-order chi connectivity index (χ0) is 9.95. The first-order valence-electron chi connectivity index (χ1n) is 4.71. The molecule has 0 aliphatic heterocycles. The number of alkyl halides is 1. The summed E-state index contributed by atoms with van der Waals surface area (Å²) in [6.07, 6.45) is 7.05. The standard InChI is InChI=1S/C9H17BrO2S/c1-13(11,12)7-6-9(8-10)4-2-3-5-9/h2-8H2,1H3. The first kappa shape index (κ1) is 11.5. The van der Waals surface area contributed by atoms with E-state index in [0.717, 1.165) is 11.8 Å². The van der Waals surface area contributed by atoms with Gasteiger partial charge < -0.3 is 0 Å². The van der Waals surface area contributed by atoms with Crippen molar-refractivity contribution >= 4 is 25.8 Å². The molecule has 0 aromatic heterocycles. The van der Waals surface area contributed by atoms with Crippen molar-refractivity contribution in [1.82, 2.24) is 0 Å². The highest BCUT2D eigenvalue weighted by molar-refractivity contribution is 9.09. The van der Waals surface area contributed by atoms with Gasteiger partial charge in [-0.2, -0.15) is 0 Å². The van der Waals surface area contributed by atoms with Crippen molar-refractivity contribution in [3.63, 3.8) is 0 Å². The van der Waals surface area contributed by atoms with Crippen LogP contribution in [0.2, 0.25) is 0 Å². The average molecular weight is 269 g/mol. The van der Waals surface area contributed by atoms with Crippen molar-refractivity contribution < 1.29 is 8.42 Å². The summed E-state index contributed by atoms with van der Waals surface area (Å²) >= 11 is 3.51. The number of hydrogen-bond donors (Lipinski definition) is 0. The molecule has 13 heavy (non-hydrogen) atoms. The fraction of sp³-hybridized carbons (Fsp3) is 1.00. The van der Waals surface area contributed by atoms with Crippen molar-refractivity contribution in [3.05, 3.63) is 0 Å². The average Bonchev–Trinajstić information content (AvgIpc) is 2.49. The van der Waals surface area contributed by atoms with Crippen LogP contribution in [0.5, 0.6) is 0 Å². The highest BCUT2D eigenvalue weighted by Gasteiger charge is 2.33. The molecule has 0 bridgehead atoms. The fourth-order valence-electron chi connectivity index (χ4n) is 1.98. The maximum absolute atomic E-state index is 11.0. The van der Waals surface area contributed by atoms with Gasteiger partial charge in [-0.25, -0.2) is 8.42 Å². The Kier molecular flexibility index (Phi) is 3.81. The van der Waals surface area contributed by atoms with Crippen LogP contribution in [0.3, 0.4) is 0 Å². The molecule has 0 unspecified atom stereocenters. The van der Waals surface area contributed by atoms with Crippen molar-refractivity contribution in [2.24, 2.45) is 5.41 Å². The minimum Gasteiger partial charge on any atom is -0.229 e. The van der Waals surface area contributed by atoms with Gasteiger partial charge in [0.2, 0.25) is 0 Å². The second-order valence-electron chi connectivity index (χ2n) is 4.22. The molecule has 1 aliphatic rings. The Hall–Kier alpha value is 0.430. The Labute approximate surface area is 89.1 Å². The lowest BCUT2D eigenvalue weighted by atomic mass is 9.86. The van der Waals surface area contributed by atoms with Crippen molar-refractivity contribution in [2.45, 2.75) is 32.1 Å². The normalized spacial score (nSPS) is 22.0. The van der Waals surface area contributed by atoms with Gasteiger partial charge in [0.25, 0.3) is 0 Å². The van der Waals surface area contributed by atoms with Gasteiger partial charge >= 0.3 is 0 Å². The third kappa shape index (κ3) is 3.58. The van der Waals surface area contributed by atoms with Crippen LogP contribution in [-0.2, 0) is 9.84 Å². The van der Waals surface area contributed by atoms with Crippen LogP contribution in [0, 0.1) is 5.41 Å². The lowest BCUT2D eigenvalue weighted by Gasteiger charge is -2.25. The van der Waals surface area contributed by atoms with Crippen LogP contribution >= 0.6 is 15.9 Å². The van der Waals surface area contributed by atoms with E-state index in [2.05, 4.69) is 15.9 Å². The summed E-state index contributed by atoms with van der Waals surface area (Å²) in [4.78, 5) is 0. The number of rotatable bonds is 4. The Morgan fingerprint density at radius 1 is 1.31 bits per heavy atom. The van der Waals surface area contributed by atoms with E-state index in [1.165, 1.54) is 31.9 Å². The van der Waals surface area contributed by atoms with Crippen LogP contribution < -0.4 is 0 Å². The van der Waals surface area contributed by atoms with Gasteiger partial charge in [-0.15, -0.1) is 0 Å². The molecule has 0 saturated heterocycles. The van der Waals surface area contributed by atoms with E-state index in [-0.39, 0.29) is 5.41 Å². The quantitative estimate of drug-likeness (QED) is 0.734. The summed E-state index contributed by atoms with van der Waals surface area (Å²) in [5.41, 5.74) is 0.281. The van der Waals surface area contributed by atoms with E-state index in [9.17, 15) is 8.42 Å². The predicted molar refractivity (Wildman–Crippen MR) is 59.0 cm³/mol. The molecule has 1 fully saturated rings. The second-order valence-corrected chi connectivity index (χ2v) is 7.04. The monoisotopic (exact) mass is 268 g/mol. The molecule has 4 heteroatoms. The minimum absolute atomic E-state index is 0.281. The Morgan fingerprint density at radius 2 is 1.85 bits per heavy atom.